The van der Waals surface area contributed by atoms with Gasteiger partial charge in [0.2, 0.25) is 5.91 Å². The largest absolute Gasteiger partial charge is 0.497 e. The van der Waals surface area contributed by atoms with Crippen molar-refractivity contribution in [2.75, 3.05) is 17.7 Å². The van der Waals surface area contributed by atoms with Crippen molar-refractivity contribution in [1.82, 2.24) is 9.78 Å². The molecule has 0 saturated carbocycles. The summed E-state index contributed by atoms with van der Waals surface area (Å²) >= 11 is 0. The van der Waals surface area contributed by atoms with E-state index in [1.165, 1.54) is 19.2 Å². The zero-order chi connectivity index (χ0) is 20.8. The van der Waals surface area contributed by atoms with Crippen LogP contribution in [0.25, 0.3) is 0 Å². The van der Waals surface area contributed by atoms with E-state index in [4.69, 9.17) is 4.74 Å². The molecular weight excluding hydrogens is 372 g/mol. The average molecular weight is 392 g/mol. The molecule has 8 heteroatoms. The zero-order valence-electron chi connectivity index (χ0n) is 16.0. The van der Waals surface area contributed by atoms with E-state index in [0.717, 1.165) is 10.2 Å². The van der Waals surface area contributed by atoms with Gasteiger partial charge in [-0.2, -0.15) is 5.10 Å². The van der Waals surface area contributed by atoms with Crippen LogP contribution in [0.2, 0.25) is 0 Å². The van der Waals surface area contributed by atoms with E-state index >= 15 is 0 Å². The second-order valence-corrected chi connectivity index (χ2v) is 6.31. The highest BCUT2D eigenvalue weighted by molar-refractivity contribution is 6.02. The van der Waals surface area contributed by atoms with Crippen molar-refractivity contribution in [2.24, 2.45) is 0 Å². The fourth-order valence-electron chi connectivity index (χ4n) is 2.55. The van der Waals surface area contributed by atoms with E-state index in [0.29, 0.717) is 17.1 Å². The Morgan fingerprint density at radius 2 is 1.76 bits per heavy atom. The molecule has 29 heavy (non-hydrogen) atoms. The van der Waals surface area contributed by atoms with Crippen LogP contribution in [-0.4, -0.2) is 28.7 Å². The third-order valence-electron chi connectivity index (χ3n) is 4.06. The van der Waals surface area contributed by atoms with Gasteiger partial charge in [-0.15, -0.1) is 0 Å². The van der Waals surface area contributed by atoms with E-state index in [-0.39, 0.29) is 12.2 Å². The molecule has 0 atom stereocenters. The Hall–Kier alpha value is -3.94. The lowest BCUT2D eigenvalue weighted by Crippen LogP contribution is -2.31. The number of aryl methyl sites for hydroxylation is 1. The molecule has 0 spiro atoms. The first-order chi connectivity index (χ1) is 13.9. The second kappa shape index (κ2) is 8.83. The maximum atomic E-state index is 12.4. The maximum absolute atomic E-state index is 12.4. The number of rotatable bonds is 6. The van der Waals surface area contributed by atoms with E-state index in [1.54, 1.807) is 36.4 Å². The highest BCUT2D eigenvalue weighted by Crippen LogP contribution is 2.16. The standard InChI is InChI=1S/C21H20N4O4/c1-14-6-8-15(9-7-14)23-21(28)18-10-11-20(27)25(24-18)13-19(26)22-16-4-3-5-17(12-16)29-2/h3-12H,13H2,1-2H3,(H,22,26)(H,23,28). The van der Waals surface area contributed by atoms with Gasteiger partial charge in [-0.25, -0.2) is 4.68 Å². The summed E-state index contributed by atoms with van der Waals surface area (Å²) in [5.74, 6) is -0.340. The lowest BCUT2D eigenvalue weighted by atomic mass is 10.2. The van der Waals surface area contributed by atoms with Crippen molar-refractivity contribution in [3.05, 3.63) is 82.3 Å². The molecule has 0 fully saturated rings. The summed E-state index contributed by atoms with van der Waals surface area (Å²) in [6, 6.07) is 16.6. The third-order valence-corrected chi connectivity index (χ3v) is 4.06. The second-order valence-electron chi connectivity index (χ2n) is 6.31. The molecule has 2 N–H and O–H groups in total. The summed E-state index contributed by atoms with van der Waals surface area (Å²) in [7, 11) is 1.53. The van der Waals surface area contributed by atoms with Crippen LogP contribution < -0.4 is 20.9 Å². The smallest absolute Gasteiger partial charge is 0.276 e. The highest BCUT2D eigenvalue weighted by atomic mass is 16.5. The van der Waals surface area contributed by atoms with Gasteiger partial charge in [0.05, 0.1) is 7.11 Å². The number of anilines is 2. The van der Waals surface area contributed by atoms with E-state index in [2.05, 4.69) is 15.7 Å². The Morgan fingerprint density at radius 3 is 2.48 bits per heavy atom. The fourth-order valence-corrected chi connectivity index (χ4v) is 2.55. The van der Waals surface area contributed by atoms with Gasteiger partial charge in [-0.3, -0.25) is 14.4 Å². The van der Waals surface area contributed by atoms with Crippen LogP contribution in [0.4, 0.5) is 11.4 Å². The number of carbonyl (C=O) groups excluding carboxylic acids is 2. The van der Waals surface area contributed by atoms with Gasteiger partial charge in [0.25, 0.3) is 11.5 Å². The van der Waals surface area contributed by atoms with Crippen molar-refractivity contribution >= 4 is 23.2 Å². The summed E-state index contributed by atoms with van der Waals surface area (Å²) in [6.45, 7) is 1.61. The molecule has 3 aromatic rings. The minimum Gasteiger partial charge on any atom is -0.497 e. The van der Waals surface area contributed by atoms with E-state index < -0.39 is 17.4 Å². The van der Waals surface area contributed by atoms with Gasteiger partial charge < -0.3 is 15.4 Å². The summed E-state index contributed by atoms with van der Waals surface area (Å²) in [5, 5.41) is 9.38. The van der Waals surface area contributed by atoms with Crippen LogP contribution in [0.1, 0.15) is 16.1 Å². The van der Waals surface area contributed by atoms with Crippen molar-refractivity contribution in [1.29, 1.82) is 0 Å². The predicted octanol–water partition coefficient (Wildman–Crippen LogP) is 2.45. The molecule has 1 heterocycles. The Labute approximate surface area is 167 Å². The van der Waals surface area contributed by atoms with Crippen molar-refractivity contribution < 1.29 is 14.3 Å². The van der Waals surface area contributed by atoms with Gasteiger partial charge in [0, 0.05) is 23.5 Å². The summed E-state index contributed by atoms with van der Waals surface area (Å²) in [6.07, 6.45) is 0. The van der Waals surface area contributed by atoms with Crippen LogP contribution in [-0.2, 0) is 11.3 Å². The molecule has 8 nitrogen and oxygen atoms in total. The number of hydrogen-bond donors (Lipinski definition) is 2. The minimum absolute atomic E-state index is 0.0272. The molecule has 2 aromatic carbocycles. The fraction of sp³-hybridized carbons (Fsp3) is 0.143. The van der Waals surface area contributed by atoms with E-state index in [9.17, 15) is 14.4 Å². The Bertz CT molecular complexity index is 1090. The van der Waals surface area contributed by atoms with Crippen LogP contribution in [0.15, 0.2) is 65.5 Å². The van der Waals surface area contributed by atoms with Crippen LogP contribution >= 0.6 is 0 Å². The van der Waals surface area contributed by atoms with Gasteiger partial charge in [0.1, 0.15) is 18.0 Å². The van der Waals surface area contributed by atoms with Gasteiger partial charge in [0.15, 0.2) is 0 Å². The molecule has 3 rings (SSSR count). The lowest BCUT2D eigenvalue weighted by Gasteiger charge is -2.09. The molecule has 0 aliphatic rings. The molecule has 2 amide bonds. The van der Waals surface area contributed by atoms with Gasteiger partial charge >= 0.3 is 0 Å². The summed E-state index contributed by atoms with van der Waals surface area (Å²) in [4.78, 5) is 36.7. The van der Waals surface area contributed by atoms with Crippen LogP contribution in [0.3, 0.4) is 0 Å². The van der Waals surface area contributed by atoms with E-state index in [1.807, 2.05) is 19.1 Å². The number of amides is 2. The molecular formula is C21H20N4O4. The molecule has 0 bridgehead atoms. The number of benzene rings is 2. The molecule has 0 radical (unpaired) electrons. The first-order valence-electron chi connectivity index (χ1n) is 8.85. The number of ether oxygens (including phenoxy) is 1. The van der Waals surface area contributed by atoms with Gasteiger partial charge in [-0.05, 0) is 37.3 Å². The molecule has 1 aromatic heterocycles. The molecule has 0 aliphatic heterocycles. The third kappa shape index (κ3) is 5.29. The molecule has 148 valence electrons. The molecule has 0 aliphatic carbocycles. The number of carbonyl (C=O) groups is 2. The normalized spacial score (nSPS) is 10.3. The molecule has 0 unspecified atom stereocenters. The number of hydrogen-bond acceptors (Lipinski definition) is 5. The first-order valence-corrected chi connectivity index (χ1v) is 8.85. The van der Waals surface area contributed by atoms with Crippen LogP contribution in [0, 0.1) is 6.92 Å². The van der Waals surface area contributed by atoms with Crippen molar-refractivity contribution in [3.8, 4) is 5.75 Å². The SMILES string of the molecule is COc1cccc(NC(=O)Cn2nc(C(=O)Nc3ccc(C)cc3)ccc2=O)c1. The molecule has 0 saturated heterocycles. The zero-order valence-corrected chi connectivity index (χ0v) is 16.0. The van der Waals surface area contributed by atoms with Crippen LogP contribution in [0.5, 0.6) is 5.75 Å². The van der Waals surface area contributed by atoms with Gasteiger partial charge in [-0.1, -0.05) is 23.8 Å². The number of nitrogens with zero attached hydrogens (tertiary/aromatic N) is 2. The highest BCUT2D eigenvalue weighted by Gasteiger charge is 2.12. The number of aromatic nitrogens is 2. The Kier molecular flexibility index (Phi) is 6.03. The van der Waals surface area contributed by atoms with Crippen molar-refractivity contribution in [3.63, 3.8) is 0 Å². The Balaban J connectivity index is 1.71. The quantitative estimate of drug-likeness (QED) is 0.671. The number of methoxy groups -OCH3 is 1. The predicted molar refractivity (Wildman–Crippen MR) is 109 cm³/mol. The summed E-state index contributed by atoms with van der Waals surface area (Å²) < 4.78 is 6.05. The first kappa shape index (κ1) is 19.8. The number of nitrogens with one attached hydrogen (secondary N) is 2. The average Bonchev–Trinajstić information content (AvgIpc) is 2.71. The van der Waals surface area contributed by atoms with Crippen molar-refractivity contribution in [2.45, 2.75) is 13.5 Å². The monoisotopic (exact) mass is 392 g/mol. The minimum atomic E-state index is -0.488. The Morgan fingerprint density at radius 1 is 1.00 bits per heavy atom. The topological polar surface area (TPSA) is 102 Å². The maximum Gasteiger partial charge on any atom is 0.276 e. The lowest BCUT2D eigenvalue weighted by molar-refractivity contribution is -0.117. The summed E-state index contributed by atoms with van der Waals surface area (Å²) in [5.41, 5.74) is 1.74.